The lowest BCUT2D eigenvalue weighted by Gasteiger charge is -2.21. The van der Waals surface area contributed by atoms with Gasteiger partial charge in [-0.15, -0.1) is 5.06 Å². The Kier molecular flexibility index (Phi) is 12.4. The van der Waals surface area contributed by atoms with Crippen LogP contribution in [0.15, 0.2) is 48.5 Å². The molecule has 0 aliphatic carbocycles. The summed E-state index contributed by atoms with van der Waals surface area (Å²) in [6, 6.07) is 12.6. The maximum absolute atomic E-state index is 12.8. The molecule has 0 aliphatic heterocycles. The van der Waals surface area contributed by atoms with Gasteiger partial charge in [0, 0.05) is 18.9 Å². The number of carbonyl (C=O) groups excluding carboxylic acids is 1. The number of alkyl halides is 3. The third-order valence-electron chi connectivity index (χ3n) is 5.57. The molecule has 6 heteroatoms. The lowest BCUT2D eigenvalue weighted by molar-refractivity contribution is -0.194. The van der Waals surface area contributed by atoms with Crippen molar-refractivity contribution in [2.45, 2.75) is 90.9 Å². The average molecular weight is 488 g/mol. The molecule has 3 nitrogen and oxygen atoms in total. The molecule has 0 bridgehead atoms. The quantitative estimate of drug-likeness (QED) is 0.163. The number of halogens is 3. The molecule has 0 saturated carbocycles. The van der Waals surface area contributed by atoms with Crippen molar-refractivity contribution in [2.24, 2.45) is 0 Å². The zero-order valence-electron chi connectivity index (χ0n) is 20.8. The van der Waals surface area contributed by atoms with Crippen molar-refractivity contribution in [3.63, 3.8) is 0 Å². The van der Waals surface area contributed by atoms with Crippen LogP contribution in [0.25, 0.3) is 0 Å². The summed E-state index contributed by atoms with van der Waals surface area (Å²) in [5, 5.41) is 1.44. The Labute approximate surface area is 207 Å². The normalized spacial score (nSPS) is 11.3. The van der Waals surface area contributed by atoms with Crippen LogP contribution in [0.2, 0.25) is 0 Å². The molecule has 0 aromatic heterocycles. The zero-order chi connectivity index (χ0) is 25.5. The van der Waals surface area contributed by atoms with Gasteiger partial charge in [-0.3, -0.25) is 4.79 Å². The van der Waals surface area contributed by atoms with E-state index in [4.69, 9.17) is 4.84 Å². The number of hydroxylamine groups is 2. The SMILES string of the molecule is CCCCCCCCCCC#Cc1cccc(CN(Cc2ccc(C(F)(F)F)cc2)OC(C)=O)c1. The van der Waals surface area contributed by atoms with E-state index in [1.54, 1.807) is 0 Å². The summed E-state index contributed by atoms with van der Waals surface area (Å²) < 4.78 is 38.4. The summed E-state index contributed by atoms with van der Waals surface area (Å²) in [7, 11) is 0. The van der Waals surface area contributed by atoms with Gasteiger partial charge in [0.1, 0.15) is 0 Å². The van der Waals surface area contributed by atoms with Gasteiger partial charge < -0.3 is 4.84 Å². The highest BCUT2D eigenvalue weighted by atomic mass is 19.4. The van der Waals surface area contributed by atoms with Crippen LogP contribution in [-0.2, 0) is 28.9 Å². The Bertz CT molecular complexity index is 958. The third-order valence-corrected chi connectivity index (χ3v) is 5.57. The Morgan fingerprint density at radius 2 is 1.51 bits per heavy atom. The van der Waals surface area contributed by atoms with Crippen LogP contribution in [0.4, 0.5) is 13.2 Å². The van der Waals surface area contributed by atoms with E-state index < -0.39 is 17.7 Å². The molecule has 2 aromatic rings. The number of unbranched alkanes of at least 4 members (excludes halogenated alkanes) is 8. The van der Waals surface area contributed by atoms with Gasteiger partial charge in [0.25, 0.3) is 0 Å². The summed E-state index contributed by atoms with van der Waals surface area (Å²) in [5.74, 6) is 5.96. The Morgan fingerprint density at radius 1 is 0.886 bits per heavy atom. The minimum Gasteiger partial charge on any atom is -0.368 e. The van der Waals surface area contributed by atoms with Crippen LogP contribution in [0.5, 0.6) is 0 Å². The van der Waals surface area contributed by atoms with Crippen molar-refractivity contribution in [3.8, 4) is 11.8 Å². The van der Waals surface area contributed by atoms with Crippen molar-refractivity contribution < 1.29 is 22.8 Å². The van der Waals surface area contributed by atoms with E-state index in [-0.39, 0.29) is 6.54 Å². The minimum atomic E-state index is -4.39. The van der Waals surface area contributed by atoms with Gasteiger partial charge in [0.15, 0.2) is 0 Å². The molecule has 0 amide bonds. The molecule has 0 N–H and O–H groups in total. The van der Waals surface area contributed by atoms with Crippen molar-refractivity contribution in [1.29, 1.82) is 0 Å². The van der Waals surface area contributed by atoms with Crippen LogP contribution in [0.3, 0.4) is 0 Å². The van der Waals surface area contributed by atoms with E-state index in [9.17, 15) is 18.0 Å². The first kappa shape index (κ1) is 28.5. The van der Waals surface area contributed by atoms with Crippen molar-refractivity contribution >= 4 is 5.97 Å². The van der Waals surface area contributed by atoms with Crippen molar-refractivity contribution in [3.05, 3.63) is 70.8 Å². The van der Waals surface area contributed by atoms with E-state index in [1.165, 1.54) is 69.1 Å². The summed E-state index contributed by atoms with van der Waals surface area (Å²) in [5.41, 5.74) is 1.69. The highest BCUT2D eigenvalue weighted by Crippen LogP contribution is 2.29. The fourth-order valence-electron chi connectivity index (χ4n) is 3.77. The van der Waals surface area contributed by atoms with Gasteiger partial charge in [-0.25, -0.2) is 0 Å². The van der Waals surface area contributed by atoms with Crippen molar-refractivity contribution in [1.82, 2.24) is 5.06 Å². The fraction of sp³-hybridized carbons (Fsp3) is 0.483. The lowest BCUT2D eigenvalue weighted by atomic mass is 10.1. The number of carbonyl (C=O) groups is 1. The van der Waals surface area contributed by atoms with E-state index in [1.807, 2.05) is 24.3 Å². The molecule has 35 heavy (non-hydrogen) atoms. The molecule has 0 heterocycles. The molecular weight excluding hydrogens is 451 g/mol. The molecule has 2 aromatic carbocycles. The average Bonchev–Trinajstić information content (AvgIpc) is 2.80. The predicted molar refractivity (Wildman–Crippen MR) is 133 cm³/mol. The Hall–Kier alpha value is -2.78. The second-order valence-electron chi connectivity index (χ2n) is 8.80. The molecule has 0 unspecified atom stereocenters. The molecule has 0 fully saturated rings. The molecule has 0 aliphatic rings. The fourth-order valence-corrected chi connectivity index (χ4v) is 3.77. The van der Waals surface area contributed by atoms with E-state index >= 15 is 0 Å². The Balaban J connectivity index is 1.88. The van der Waals surface area contributed by atoms with Crippen LogP contribution in [0, 0.1) is 11.8 Å². The maximum atomic E-state index is 12.8. The lowest BCUT2D eigenvalue weighted by Crippen LogP contribution is -2.25. The molecular formula is C29H36F3NO2. The highest BCUT2D eigenvalue weighted by Gasteiger charge is 2.30. The number of rotatable bonds is 13. The van der Waals surface area contributed by atoms with E-state index in [0.29, 0.717) is 12.1 Å². The zero-order valence-corrected chi connectivity index (χ0v) is 20.8. The first-order valence-corrected chi connectivity index (χ1v) is 12.5. The largest absolute Gasteiger partial charge is 0.416 e. The number of benzene rings is 2. The summed E-state index contributed by atoms with van der Waals surface area (Å²) in [6.45, 7) is 4.00. The molecule has 0 radical (unpaired) electrons. The maximum Gasteiger partial charge on any atom is 0.416 e. The summed E-state index contributed by atoms with van der Waals surface area (Å²) >= 11 is 0. The van der Waals surface area contributed by atoms with Crippen molar-refractivity contribution in [2.75, 3.05) is 0 Å². The second kappa shape index (κ2) is 15.3. The second-order valence-corrected chi connectivity index (χ2v) is 8.80. The van der Waals surface area contributed by atoms with Gasteiger partial charge in [0.2, 0.25) is 0 Å². The molecule has 0 saturated heterocycles. The van der Waals surface area contributed by atoms with Gasteiger partial charge in [-0.2, -0.15) is 13.2 Å². The first-order valence-electron chi connectivity index (χ1n) is 12.5. The molecule has 0 atom stereocenters. The number of hydrogen-bond donors (Lipinski definition) is 0. The predicted octanol–water partition coefficient (Wildman–Crippen LogP) is 8.07. The molecule has 2 rings (SSSR count). The van der Waals surface area contributed by atoms with Crippen LogP contribution >= 0.6 is 0 Å². The smallest absolute Gasteiger partial charge is 0.368 e. The van der Waals surface area contributed by atoms with Gasteiger partial charge in [0.05, 0.1) is 18.7 Å². The molecule has 190 valence electrons. The topological polar surface area (TPSA) is 29.5 Å². The summed E-state index contributed by atoms with van der Waals surface area (Å²) in [6.07, 6.45) is 6.65. The van der Waals surface area contributed by atoms with Crippen LogP contribution < -0.4 is 0 Å². The standard InChI is InChI=1S/C29H36F3NO2/c1-3-4-5-6-7-8-9-10-11-12-14-25-15-13-16-27(21-25)23-33(35-24(2)34)22-26-17-19-28(20-18-26)29(30,31)32/h13,15-21H,3-11,22-23H2,1-2H3. The van der Waals surface area contributed by atoms with Crippen LogP contribution in [-0.4, -0.2) is 11.0 Å². The van der Waals surface area contributed by atoms with Gasteiger partial charge >= 0.3 is 12.1 Å². The first-order chi connectivity index (χ1) is 16.8. The van der Waals surface area contributed by atoms with Gasteiger partial charge in [-0.05, 0) is 41.8 Å². The summed E-state index contributed by atoms with van der Waals surface area (Å²) in [4.78, 5) is 16.9. The third kappa shape index (κ3) is 12.0. The highest BCUT2D eigenvalue weighted by molar-refractivity contribution is 5.65. The van der Waals surface area contributed by atoms with Crippen LogP contribution in [0.1, 0.15) is 93.9 Å². The minimum absolute atomic E-state index is 0.173. The van der Waals surface area contributed by atoms with E-state index in [0.717, 1.165) is 36.1 Å². The van der Waals surface area contributed by atoms with Gasteiger partial charge in [-0.1, -0.05) is 88.0 Å². The number of hydrogen-bond acceptors (Lipinski definition) is 3. The molecule has 0 spiro atoms. The van der Waals surface area contributed by atoms with E-state index in [2.05, 4.69) is 18.8 Å². The number of nitrogens with zero attached hydrogens (tertiary/aromatic N) is 1. The monoisotopic (exact) mass is 487 g/mol. The Morgan fingerprint density at radius 3 is 2.14 bits per heavy atom.